The number of rotatable bonds is 6. The van der Waals surface area contributed by atoms with Gasteiger partial charge in [-0.3, -0.25) is 4.79 Å². The molecule has 1 aliphatic carbocycles. The molecule has 0 aliphatic heterocycles. The molecule has 1 aromatic rings. The van der Waals surface area contributed by atoms with Gasteiger partial charge in [0.2, 0.25) is 0 Å². The molecule has 0 spiro atoms. The first kappa shape index (κ1) is 14.1. The minimum Gasteiger partial charge on any atom is -0.481 e. The molecule has 1 aliphatic rings. The highest BCUT2D eigenvalue weighted by molar-refractivity contribution is 5.70. The monoisotopic (exact) mass is 261 g/mol. The summed E-state index contributed by atoms with van der Waals surface area (Å²) in [7, 11) is 0. The molecule has 1 aromatic carbocycles. The zero-order valence-electron chi connectivity index (χ0n) is 11.6. The van der Waals surface area contributed by atoms with Crippen molar-refractivity contribution >= 4 is 5.97 Å². The summed E-state index contributed by atoms with van der Waals surface area (Å²) in [5.41, 5.74) is 2.63. The molecule has 0 radical (unpaired) electrons. The Morgan fingerprint density at radius 3 is 2.89 bits per heavy atom. The van der Waals surface area contributed by atoms with E-state index in [1.807, 2.05) is 0 Å². The number of hydrogen-bond acceptors (Lipinski definition) is 2. The van der Waals surface area contributed by atoms with E-state index < -0.39 is 5.97 Å². The molecule has 2 rings (SSSR count). The van der Waals surface area contributed by atoms with Gasteiger partial charge in [-0.15, -0.1) is 0 Å². The van der Waals surface area contributed by atoms with E-state index >= 15 is 0 Å². The SMILES string of the molecule is CCc1cccc(CNC[C@H]2CCC[C@H]2C(=O)O)c1. The van der Waals surface area contributed by atoms with Crippen molar-refractivity contribution in [2.75, 3.05) is 6.54 Å². The van der Waals surface area contributed by atoms with Crippen LogP contribution in [0.5, 0.6) is 0 Å². The second kappa shape index (κ2) is 6.71. The predicted octanol–water partition coefficient (Wildman–Crippen LogP) is 2.84. The third kappa shape index (κ3) is 3.80. The van der Waals surface area contributed by atoms with E-state index in [0.717, 1.165) is 38.8 Å². The number of aliphatic carboxylic acids is 1. The van der Waals surface area contributed by atoms with Crippen LogP contribution in [0.4, 0.5) is 0 Å². The molecule has 104 valence electrons. The molecular formula is C16H23NO2. The van der Waals surface area contributed by atoms with Crippen LogP contribution in [0.25, 0.3) is 0 Å². The second-order valence-electron chi connectivity index (χ2n) is 5.44. The number of aryl methyl sites for hydroxylation is 1. The highest BCUT2D eigenvalue weighted by Gasteiger charge is 2.32. The normalized spacial score (nSPS) is 22.6. The lowest BCUT2D eigenvalue weighted by Gasteiger charge is -2.16. The first-order valence-electron chi connectivity index (χ1n) is 7.22. The van der Waals surface area contributed by atoms with Crippen molar-refractivity contribution in [2.24, 2.45) is 11.8 Å². The summed E-state index contributed by atoms with van der Waals surface area (Å²) >= 11 is 0. The molecule has 0 bridgehead atoms. The number of carbonyl (C=O) groups is 1. The van der Waals surface area contributed by atoms with Gasteiger partial charge in [0.1, 0.15) is 0 Å². The zero-order valence-corrected chi connectivity index (χ0v) is 11.6. The smallest absolute Gasteiger partial charge is 0.306 e. The van der Waals surface area contributed by atoms with E-state index in [1.54, 1.807) is 0 Å². The van der Waals surface area contributed by atoms with Crippen LogP contribution >= 0.6 is 0 Å². The van der Waals surface area contributed by atoms with Gasteiger partial charge in [0.15, 0.2) is 0 Å². The maximum atomic E-state index is 11.1. The first-order valence-corrected chi connectivity index (χ1v) is 7.22. The van der Waals surface area contributed by atoms with E-state index in [4.69, 9.17) is 5.11 Å². The van der Waals surface area contributed by atoms with Crippen molar-refractivity contribution in [3.05, 3.63) is 35.4 Å². The van der Waals surface area contributed by atoms with Gasteiger partial charge in [-0.25, -0.2) is 0 Å². The van der Waals surface area contributed by atoms with Gasteiger partial charge in [-0.2, -0.15) is 0 Å². The fraction of sp³-hybridized carbons (Fsp3) is 0.562. The summed E-state index contributed by atoms with van der Waals surface area (Å²) in [5, 5.41) is 12.6. The van der Waals surface area contributed by atoms with E-state index in [9.17, 15) is 4.79 Å². The van der Waals surface area contributed by atoms with Gasteiger partial charge in [0.05, 0.1) is 5.92 Å². The Labute approximate surface area is 115 Å². The topological polar surface area (TPSA) is 49.3 Å². The fourth-order valence-electron chi connectivity index (χ4n) is 2.97. The summed E-state index contributed by atoms with van der Waals surface area (Å²) in [4.78, 5) is 11.1. The molecule has 0 amide bonds. The molecule has 3 heteroatoms. The van der Waals surface area contributed by atoms with Crippen LogP contribution in [0, 0.1) is 11.8 Å². The Bertz CT molecular complexity index is 431. The maximum absolute atomic E-state index is 11.1. The summed E-state index contributed by atoms with van der Waals surface area (Å²) in [6, 6.07) is 8.57. The summed E-state index contributed by atoms with van der Waals surface area (Å²) in [5.74, 6) is -0.474. The van der Waals surface area contributed by atoms with Gasteiger partial charge in [0.25, 0.3) is 0 Å². The number of hydrogen-bond donors (Lipinski definition) is 2. The second-order valence-corrected chi connectivity index (χ2v) is 5.44. The van der Waals surface area contributed by atoms with Crippen molar-refractivity contribution in [3.8, 4) is 0 Å². The van der Waals surface area contributed by atoms with Crippen LogP contribution in [0.3, 0.4) is 0 Å². The van der Waals surface area contributed by atoms with Crippen LogP contribution < -0.4 is 5.32 Å². The van der Waals surface area contributed by atoms with Crippen LogP contribution in [0.2, 0.25) is 0 Å². The van der Waals surface area contributed by atoms with Crippen LogP contribution in [-0.4, -0.2) is 17.6 Å². The maximum Gasteiger partial charge on any atom is 0.306 e. The summed E-state index contributed by atoms with van der Waals surface area (Å²) in [6.07, 6.45) is 3.98. The molecule has 0 saturated heterocycles. The van der Waals surface area contributed by atoms with Crippen molar-refractivity contribution < 1.29 is 9.90 Å². The summed E-state index contributed by atoms with van der Waals surface area (Å²) in [6.45, 7) is 3.80. The van der Waals surface area contributed by atoms with E-state index in [1.165, 1.54) is 11.1 Å². The Hall–Kier alpha value is -1.35. The Balaban J connectivity index is 1.81. The number of benzene rings is 1. The largest absolute Gasteiger partial charge is 0.481 e. The van der Waals surface area contributed by atoms with E-state index in [-0.39, 0.29) is 5.92 Å². The zero-order chi connectivity index (χ0) is 13.7. The van der Waals surface area contributed by atoms with E-state index in [0.29, 0.717) is 5.92 Å². The molecule has 2 atom stereocenters. The Morgan fingerprint density at radius 1 is 1.37 bits per heavy atom. The molecule has 1 fully saturated rings. The van der Waals surface area contributed by atoms with Crippen molar-refractivity contribution in [1.29, 1.82) is 0 Å². The molecule has 3 nitrogen and oxygen atoms in total. The van der Waals surface area contributed by atoms with Gasteiger partial charge in [0, 0.05) is 6.54 Å². The molecular weight excluding hydrogens is 238 g/mol. The van der Waals surface area contributed by atoms with Crippen molar-refractivity contribution in [2.45, 2.75) is 39.2 Å². The lowest BCUT2D eigenvalue weighted by molar-refractivity contribution is -0.142. The van der Waals surface area contributed by atoms with Gasteiger partial charge < -0.3 is 10.4 Å². The quantitative estimate of drug-likeness (QED) is 0.828. The van der Waals surface area contributed by atoms with E-state index in [2.05, 4.69) is 36.5 Å². The number of carboxylic acids is 1. The Morgan fingerprint density at radius 2 is 2.16 bits per heavy atom. The molecule has 0 heterocycles. The average Bonchev–Trinajstić information content (AvgIpc) is 2.87. The number of nitrogens with one attached hydrogen (secondary N) is 1. The molecule has 1 saturated carbocycles. The Kier molecular flexibility index (Phi) is 4.97. The standard InChI is InChI=1S/C16H23NO2/c1-2-12-5-3-6-13(9-12)10-17-11-14-7-4-8-15(14)16(18)19/h3,5-6,9,14-15,17H,2,4,7-8,10-11H2,1H3,(H,18,19)/t14-,15-/m1/s1. The van der Waals surface area contributed by atoms with Crippen molar-refractivity contribution in [1.82, 2.24) is 5.32 Å². The minimum atomic E-state index is -0.628. The third-order valence-corrected chi connectivity index (χ3v) is 4.11. The highest BCUT2D eigenvalue weighted by Crippen LogP contribution is 2.31. The predicted molar refractivity (Wildman–Crippen MR) is 76.0 cm³/mol. The molecule has 2 N–H and O–H groups in total. The third-order valence-electron chi connectivity index (χ3n) is 4.11. The highest BCUT2D eigenvalue weighted by atomic mass is 16.4. The number of carboxylic acid groups (broad SMARTS) is 1. The molecule has 0 aromatic heterocycles. The lowest BCUT2D eigenvalue weighted by Crippen LogP contribution is -2.28. The van der Waals surface area contributed by atoms with Crippen LogP contribution in [0.1, 0.15) is 37.3 Å². The van der Waals surface area contributed by atoms with Crippen LogP contribution in [0.15, 0.2) is 24.3 Å². The van der Waals surface area contributed by atoms with Gasteiger partial charge in [-0.1, -0.05) is 37.6 Å². The fourth-order valence-corrected chi connectivity index (χ4v) is 2.97. The molecule has 19 heavy (non-hydrogen) atoms. The lowest BCUT2D eigenvalue weighted by atomic mass is 9.96. The van der Waals surface area contributed by atoms with Gasteiger partial charge >= 0.3 is 5.97 Å². The summed E-state index contributed by atoms with van der Waals surface area (Å²) < 4.78 is 0. The first-order chi connectivity index (χ1) is 9.20. The average molecular weight is 261 g/mol. The van der Waals surface area contributed by atoms with Crippen LogP contribution in [-0.2, 0) is 17.8 Å². The van der Waals surface area contributed by atoms with Gasteiger partial charge in [-0.05, 0) is 42.9 Å². The van der Waals surface area contributed by atoms with Crippen molar-refractivity contribution in [3.63, 3.8) is 0 Å². The minimum absolute atomic E-state index is 0.144. The molecule has 0 unspecified atom stereocenters.